The molecule has 3 nitrogen and oxygen atoms in total. The van der Waals surface area contributed by atoms with Gasteiger partial charge in [-0.15, -0.1) is 0 Å². The maximum Gasteiger partial charge on any atom is 0.132 e. The van der Waals surface area contributed by atoms with E-state index in [0.717, 1.165) is 31.3 Å². The molecule has 2 unspecified atom stereocenters. The maximum atomic E-state index is 14.0. The summed E-state index contributed by atoms with van der Waals surface area (Å²) in [6.45, 7) is 1.34. The molecule has 1 heterocycles. The van der Waals surface area contributed by atoms with Crippen molar-refractivity contribution in [1.82, 2.24) is 4.90 Å². The third-order valence-electron chi connectivity index (χ3n) is 4.56. The lowest BCUT2D eigenvalue weighted by molar-refractivity contribution is 0.233. The zero-order chi connectivity index (χ0) is 14.1. The molecule has 1 saturated carbocycles. The van der Waals surface area contributed by atoms with E-state index in [1.54, 1.807) is 0 Å². The van der Waals surface area contributed by atoms with Gasteiger partial charge in [0.2, 0.25) is 0 Å². The van der Waals surface area contributed by atoms with Crippen molar-refractivity contribution in [3.8, 4) is 0 Å². The molecule has 108 valence electrons. The number of halogens is 2. The third-order valence-corrected chi connectivity index (χ3v) is 4.56. The van der Waals surface area contributed by atoms with E-state index in [-0.39, 0.29) is 11.1 Å². The first-order valence-corrected chi connectivity index (χ1v) is 7.07. The average molecular weight is 280 g/mol. The van der Waals surface area contributed by atoms with Gasteiger partial charge >= 0.3 is 0 Å². The summed E-state index contributed by atoms with van der Waals surface area (Å²) < 4.78 is 27.8. The van der Waals surface area contributed by atoms with E-state index in [2.05, 4.69) is 10.1 Å². The number of hydrogen-bond acceptors (Lipinski definition) is 3. The summed E-state index contributed by atoms with van der Waals surface area (Å²) in [6, 6.07) is 2.69. The van der Waals surface area contributed by atoms with Crippen molar-refractivity contribution in [1.29, 1.82) is 0 Å². The Morgan fingerprint density at radius 2 is 2.10 bits per heavy atom. The first-order valence-electron chi connectivity index (χ1n) is 7.07. The highest BCUT2D eigenvalue weighted by Gasteiger charge is 2.35. The third kappa shape index (κ3) is 2.42. The summed E-state index contributed by atoms with van der Waals surface area (Å²) in [5.74, 6) is -0.301. The van der Waals surface area contributed by atoms with Crippen LogP contribution in [0.4, 0.5) is 8.78 Å². The molecule has 2 atom stereocenters. The molecule has 1 saturated heterocycles. The largest absolute Gasteiger partial charge is 0.411 e. The van der Waals surface area contributed by atoms with E-state index in [4.69, 9.17) is 5.21 Å². The fourth-order valence-electron chi connectivity index (χ4n) is 3.61. The van der Waals surface area contributed by atoms with Crippen LogP contribution in [0.1, 0.15) is 36.8 Å². The van der Waals surface area contributed by atoms with Crippen LogP contribution in [0.5, 0.6) is 0 Å². The Morgan fingerprint density at radius 1 is 1.30 bits per heavy atom. The summed E-state index contributed by atoms with van der Waals surface area (Å²) in [4.78, 5) is 2.24. The number of oxime groups is 1. The van der Waals surface area contributed by atoms with Crippen molar-refractivity contribution in [2.45, 2.75) is 38.3 Å². The Kier molecular flexibility index (Phi) is 3.70. The fraction of sp³-hybridized carbons (Fsp3) is 0.533. The van der Waals surface area contributed by atoms with Crippen molar-refractivity contribution in [3.05, 3.63) is 34.9 Å². The maximum absolute atomic E-state index is 14.0. The van der Waals surface area contributed by atoms with E-state index in [1.165, 1.54) is 19.3 Å². The van der Waals surface area contributed by atoms with Crippen LogP contribution in [0.25, 0.3) is 0 Å². The number of rotatable bonds is 3. The zero-order valence-corrected chi connectivity index (χ0v) is 11.2. The van der Waals surface area contributed by atoms with Gasteiger partial charge in [0.05, 0.1) is 6.21 Å². The van der Waals surface area contributed by atoms with Crippen molar-refractivity contribution in [2.24, 2.45) is 11.1 Å². The van der Waals surface area contributed by atoms with Crippen LogP contribution in [0.3, 0.4) is 0 Å². The van der Waals surface area contributed by atoms with Gasteiger partial charge in [-0.25, -0.2) is 8.78 Å². The Morgan fingerprint density at radius 3 is 2.85 bits per heavy atom. The molecule has 1 N–H and O–H groups in total. The quantitative estimate of drug-likeness (QED) is 0.524. The molecule has 2 bridgehead atoms. The first-order chi connectivity index (χ1) is 9.69. The lowest BCUT2D eigenvalue weighted by Gasteiger charge is -2.25. The van der Waals surface area contributed by atoms with E-state index in [9.17, 15) is 8.78 Å². The minimum Gasteiger partial charge on any atom is -0.411 e. The molecule has 0 radical (unpaired) electrons. The SMILES string of the molecule is O/N=C/c1c(F)ccc(F)c1CN1CC2CCCC1C2. The highest BCUT2D eigenvalue weighted by atomic mass is 19.1. The molecule has 0 amide bonds. The molecule has 2 fully saturated rings. The van der Waals surface area contributed by atoms with E-state index >= 15 is 0 Å². The smallest absolute Gasteiger partial charge is 0.132 e. The number of nitrogens with zero attached hydrogens (tertiary/aromatic N) is 2. The van der Waals surface area contributed by atoms with Gasteiger partial charge in [0.15, 0.2) is 0 Å². The predicted octanol–water partition coefficient (Wildman–Crippen LogP) is 3.15. The van der Waals surface area contributed by atoms with Crippen LogP contribution in [0, 0.1) is 17.6 Å². The van der Waals surface area contributed by atoms with Crippen molar-refractivity contribution < 1.29 is 14.0 Å². The van der Waals surface area contributed by atoms with E-state index in [1.807, 2.05) is 0 Å². The molecule has 3 rings (SSSR count). The normalized spacial score (nSPS) is 26.5. The highest BCUT2D eigenvalue weighted by molar-refractivity contribution is 5.81. The van der Waals surface area contributed by atoms with E-state index in [0.29, 0.717) is 18.5 Å². The van der Waals surface area contributed by atoms with Crippen molar-refractivity contribution in [3.63, 3.8) is 0 Å². The van der Waals surface area contributed by atoms with Crippen LogP contribution in [-0.4, -0.2) is 28.9 Å². The molecule has 1 aliphatic heterocycles. The summed E-state index contributed by atoms with van der Waals surface area (Å²) in [5, 5.41) is 11.5. The van der Waals surface area contributed by atoms with Gasteiger partial charge in [0, 0.05) is 30.3 Å². The predicted molar refractivity (Wildman–Crippen MR) is 71.9 cm³/mol. The second-order valence-electron chi connectivity index (χ2n) is 5.78. The van der Waals surface area contributed by atoms with Gasteiger partial charge < -0.3 is 5.21 Å². The Hall–Kier alpha value is -1.49. The average Bonchev–Trinajstić information content (AvgIpc) is 2.72. The fourth-order valence-corrected chi connectivity index (χ4v) is 3.61. The Bertz CT molecular complexity index is 533. The number of likely N-dealkylation sites (tertiary alicyclic amines) is 1. The number of hydrogen-bond donors (Lipinski definition) is 1. The van der Waals surface area contributed by atoms with E-state index < -0.39 is 11.6 Å². The minimum atomic E-state index is -0.554. The van der Waals surface area contributed by atoms with Gasteiger partial charge in [-0.05, 0) is 37.3 Å². The Labute approximate surface area is 116 Å². The molecule has 0 spiro atoms. The summed E-state index contributed by atoms with van der Waals surface area (Å²) in [6.07, 6.45) is 5.75. The zero-order valence-electron chi connectivity index (χ0n) is 11.2. The minimum absolute atomic E-state index is 0.0500. The lowest BCUT2D eigenvalue weighted by atomic mass is 9.90. The number of benzene rings is 1. The van der Waals surface area contributed by atoms with Gasteiger partial charge in [0.1, 0.15) is 11.6 Å². The molecule has 1 aliphatic carbocycles. The van der Waals surface area contributed by atoms with Crippen LogP contribution in [-0.2, 0) is 6.54 Å². The van der Waals surface area contributed by atoms with Crippen LogP contribution in [0.15, 0.2) is 17.3 Å². The molecule has 1 aromatic rings. The monoisotopic (exact) mass is 280 g/mol. The molecule has 20 heavy (non-hydrogen) atoms. The lowest BCUT2D eigenvalue weighted by Crippen LogP contribution is -2.29. The molecule has 5 heteroatoms. The highest BCUT2D eigenvalue weighted by Crippen LogP contribution is 2.36. The second-order valence-corrected chi connectivity index (χ2v) is 5.78. The summed E-state index contributed by atoms with van der Waals surface area (Å²) >= 11 is 0. The second kappa shape index (κ2) is 5.48. The molecule has 2 aliphatic rings. The van der Waals surface area contributed by atoms with Crippen molar-refractivity contribution >= 4 is 6.21 Å². The number of fused-ring (bicyclic) bond motifs is 2. The molecule has 1 aromatic carbocycles. The van der Waals surface area contributed by atoms with Gasteiger partial charge in [-0.1, -0.05) is 11.6 Å². The van der Waals surface area contributed by atoms with Crippen LogP contribution in [0.2, 0.25) is 0 Å². The standard InChI is InChI=1S/C15H18F2N2O/c16-14-4-5-15(17)13(12(14)7-18-20)9-19-8-10-2-1-3-11(19)6-10/h4-5,7,10-11,20H,1-3,6,8-9H2/b18-7+. The molecular weight excluding hydrogens is 262 g/mol. The van der Waals surface area contributed by atoms with Gasteiger partial charge in [0.25, 0.3) is 0 Å². The first kappa shape index (κ1) is 13.5. The van der Waals surface area contributed by atoms with Crippen LogP contribution < -0.4 is 0 Å². The van der Waals surface area contributed by atoms with Crippen molar-refractivity contribution in [2.75, 3.05) is 6.54 Å². The summed E-state index contributed by atoms with van der Waals surface area (Å²) in [7, 11) is 0. The molecular formula is C15H18F2N2O. The molecule has 0 aromatic heterocycles. The van der Waals surface area contributed by atoms with Crippen LogP contribution >= 0.6 is 0 Å². The Balaban J connectivity index is 1.88. The summed E-state index contributed by atoms with van der Waals surface area (Å²) in [5.41, 5.74) is 0.337. The topological polar surface area (TPSA) is 35.8 Å². The van der Waals surface area contributed by atoms with Gasteiger partial charge in [-0.2, -0.15) is 0 Å². The van der Waals surface area contributed by atoms with Gasteiger partial charge in [-0.3, -0.25) is 4.90 Å².